The molecule has 0 saturated carbocycles. The van der Waals surface area contributed by atoms with E-state index in [-0.39, 0.29) is 0 Å². The molecule has 90 valence electrons. The number of piperidine rings is 1. The van der Waals surface area contributed by atoms with Crippen LogP contribution in [0.2, 0.25) is 0 Å². The minimum atomic E-state index is 0.381. The second kappa shape index (κ2) is 4.70. The maximum Gasteiger partial charge on any atom is 0.0992 e. The molecule has 1 aromatic rings. The lowest BCUT2D eigenvalue weighted by molar-refractivity contribution is 0.293. The second-order valence-electron chi connectivity index (χ2n) is 5.47. The molecule has 0 amide bonds. The molecule has 2 nitrogen and oxygen atoms in total. The number of nitrogens with zero attached hydrogens (tertiary/aromatic N) is 2. The van der Waals surface area contributed by atoms with Crippen LogP contribution < -0.4 is 4.90 Å². The minimum Gasteiger partial charge on any atom is -0.370 e. The van der Waals surface area contributed by atoms with E-state index in [9.17, 15) is 0 Å². The molecule has 0 bridgehead atoms. The molecule has 2 rings (SSSR count). The Morgan fingerprint density at radius 2 is 2.18 bits per heavy atom. The van der Waals surface area contributed by atoms with Crippen LogP contribution in [0.15, 0.2) is 22.7 Å². The first-order valence-electron chi connectivity index (χ1n) is 5.96. The lowest BCUT2D eigenvalue weighted by Gasteiger charge is -2.39. The predicted molar refractivity (Wildman–Crippen MR) is 74.1 cm³/mol. The molecule has 1 aromatic carbocycles. The number of rotatable bonds is 1. The highest BCUT2D eigenvalue weighted by Gasteiger charge is 2.27. The first kappa shape index (κ1) is 12.4. The first-order chi connectivity index (χ1) is 8.02. The van der Waals surface area contributed by atoms with Gasteiger partial charge in [0.2, 0.25) is 0 Å². The Bertz CT molecular complexity index is 460. The normalized spacial score (nSPS) is 18.8. The van der Waals surface area contributed by atoms with Gasteiger partial charge in [0, 0.05) is 17.6 Å². The van der Waals surface area contributed by atoms with Crippen molar-refractivity contribution in [2.45, 2.75) is 26.7 Å². The third kappa shape index (κ3) is 2.81. The first-order valence-corrected chi connectivity index (χ1v) is 6.76. The zero-order valence-corrected chi connectivity index (χ0v) is 11.9. The quantitative estimate of drug-likeness (QED) is 0.784. The van der Waals surface area contributed by atoms with Gasteiger partial charge in [-0.2, -0.15) is 5.26 Å². The van der Waals surface area contributed by atoms with Crippen LogP contribution in [0.4, 0.5) is 5.69 Å². The molecule has 1 heterocycles. The van der Waals surface area contributed by atoms with Crippen LogP contribution in [0.25, 0.3) is 0 Å². The van der Waals surface area contributed by atoms with E-state index in [1.165, 1.54) is 18.5 Å². The lowest BCUT2D eigenvalue weighted by Crippen LogP contribution is -2.40. The number of halogens is 1. The summed E-state index contributed by atoms with van der Waals surface area (Å²) in [7, 11) is 0. The van der Waals surface area contributed by atoms with Gasteiger partial charge in [-0.3, -0.25) is 0 Å². The van der Waals surface area contributed by atoms with Crippen molar-refractivity contribution in [2.75, 3.05) is 18.0 Å². The number of hydrogen-bond donors (Lipinski definition) is 0. The zero-order chi connectivity index (χ0) is 12.5. The standard InChI is InChI=1S/C14H17BrN2/c1-14(2)6-3-7-17(10-14)13-5-4-11(9-16)8-12(13)15/h4-5,8H,3,6-7,10H2,1-2H3. The molecule has 0 N–H and O–H groups in total. The summed E-state index contributed by atoms with van der Waals surface area (Å²) in [5.74, 6) is 0. The van der Waals surface area contributed by atoms with Gasteiger partial charge in [-0.1, -0.05) is 13.8 Å². The summed E-state index contributed by atoms with van der Waals surface area (Å²) in [6.07, 6.45) is 2.52. The van der Waals surface area contributed by atoms with Gasteiger partial charge in [0.25, 0.3) is 0 Å². The molecule has 0 radical (unpaired) electrons. The van der Waals surface area contributed by atoms with E-state index >= 15 is 0 Å². The van der Waals surface area contributed by atoms with E-state index in [2.05, 4.69) is 40.7 Å². The topological polar surface area (TPSA) is 27.0 Å². The van der Waals surface area contributed by atoms with E-state index in [1.807, 2.05) is 18.2 Å². The van der Waals surface area contributed by atoms with E-state index in [0.717, 1.165) is 17.6 Å². The van der Waals surface area contributed by atoms with Gasteiger partial charge in [0.15, 0.2) is 0 Å². The Labute approximate surface area is 111 Å². The van der Waals surface area contributed by atoms with Gasteiger partial charge in [0.05, 0.1) is 17.3 Å². The predicted octanol–water partition coefficient (Wildman–Crippen LogP) is 3.95. The Hall–Kier alpha value is -1.01. The summed E-state index contributed by atoms with van der Waals surface area (Å²) >= 11 is 3.57. The van der Waals surface area contributed by atoms with Gasteiger partial charge >= 0.3 is 0 Å². The number of anilines is 1. The van der Waals surface area contributed by atoms with E-state index in [4.69, 9.17) is 5.26 Å². The number of nitriles is 1. The highest BCUT2D eigenvalue weighted by molar-refractivity contribution is 9.10. The molecule has 3 heteroatoms. The molecule has 0 aliphatic carbocycles. The van der Waals surface area contributed by atoms with Crippen molar-refractivity contribution in [1.82, 2.24) is 0 Å². The summed E-state index contributed by atoms with van der Waals surface area (Å²) in [5, 5.41) is 8.86. The van der Waals surface area contributed by atoms with Crippen LogP contribution in [0.1, 0.15) is 32.3 Å². The summed E-state index contributed by atoms with van der Waals surface area (Å²) in [5.41, 5.74) is 2.29. The van der Waals surface area contributed by atoms with Crippen molar-refractivity contribution < 1.29 is 0 Å². The average Bonchev–Trinajstić information content (AvgIpc) is 2.27. The maximum absolute atomic E-state index is 8.86. The van der Waals surface area contributed by atoms with Crippen LogP contribution in [0.5, 0.6) is 0 Å². The fourth-order valence-electron chi connectivity index (χ4n) is 2.46. The van der Waals surface area contributed by atoms with Crippen molar-refractivity contribution in [3.63, 3.8) is 0 Å². The van der Waals surface area contributed by atoms with Crippen LogP contribution >= 0.6 is 15.9 Å². The third-order valence-corrected chi connectivity index (χ3v) is 3.95. The molecule has 1 aliphatic rings. The van der Waals surface area contributed by atoms with Crippen molar-refractivity contribution in [3.8, 4) is 6.07 Å². The van der Waals surface area contributed by atoms with Crippen molar-refractivity contribution in [3.05, 3.63) is 28.2 Å². The zero-order valence-electron chi connectivity index (χ0n) is 10.3. The van der Waals surface area contributed by atoms with Gasteiger partial charge in [-0.05, 0) is 52.4 Å². The van der Waals surface area contributed by atoms with E-state index in [1.54, 1.807) is 0 Å². The second-order valence-corrected chi connectivity index (χ2v) is 6.32. The van der Waals surface area contributed by atoms with Crippen LogP contribution in [0.3, 0.4) is 0 Å². The Kier molecular flexibility index (Phi) is 3.44. The SMILES string of the molecule is CC1(C)CCCN(c2ccc(C#N)cc2Br)C1. The molecule has 17 heavy (non-hydrogen) atoms. The van der Waals surface area contributed by atoms with Crippen LogP contribution in [0, 0.1) is 16.7 Å². The van der Waals surface area contributed by atoms with Gasteiger partial charge in [-0.15, -0.1) is 0 Å². The molecule has 1 fully saturated rings. The Balaban J connectivity index is 2.26. The minimum absolute atomic E-state index is 0.381. The maximum atomic E-state index is 8.86. The highest BCUT2D eigenvalue weighted by atomic mass is 79.9. The van der Waals surface area contributed by atoms with Crippen LogP contribution in [-0.2, 0) is 0 Å². The van der Waals surface area contributed by atoms with Gasteiger partial charge < -0.3 is 4.90 Å². The highest BCUT2D eigenvalue weighted by Crippen LogP contribution is 2.35. The monoisotopic (exact) mass is 292 g/mol. The largest absolute Gasteiger partial charge is 0.370 e. The fraction of sp³-hybridized carbons (Fsp3) is 0.500. The molecule has 0 spiro atoms. The van der Waals surface area contributed by atoms with Crippen molar-refractivity contribution >= 4 is 21.6 Å². The summed E-state index contributed by atoms with van der Waals surface area (Å²) in [6, 6.07) is 8.00. The molecule has 1 aliphatic heterocycles. The van der Waals surface area contributed by atoms with E-state index in [0.29, 0.717) is 11.0 Å². The molecule has 0 aromatic heterocycles. The van der Waals surface area contributed by atoms with Crippen LogP contribution in [-0.4, -0.2) is 13.1 Å². The summed E-state index contributed by atoms with van der Waals surface area (Å²) in [6.45, 7) is 6.82. The molecule has 0 atom stereocenters. The van der Waals surface area contributed by atoms with Crippen molar-refractivity contribution in [2.24, 2.45) is 5.41 Å². The fourth-order valence-corrected chi connectivity index (χ4v) is 3.09. The molecule has 0 unspecified atom stereocenters. The summed E-state index contributed by atoms with van der Waals surface area (Å²) < 4.78 is 1.02. The van der Waals surface area contributed by atoms with Crippen molar-refractivity contribution in [1.29, 1.82) is 5.26 Å². The molecular formula is C14H17BrN2. The van der Waals surface area contributed by atoms with E-state index < -0.39 is 0 Å². The Morgan fingerprint density at radius 1 is 1.41 bits per heavy atom. The molecule has 1 saturated heterocycles. The number of hydrogen-bond acceptors (Lipinski definition) is 2. The number of benzene rings is 1. The molecular weight excluding hydrogens is 276 g/mol. The van der Waals surface area contributed by atoms with Gasteiger partial charge in [-0.25, -0.2) is 0 Å². The van der Waals surface area contributed by atoms with Gasteiger partial charge in [0.1, 0.15) is 0 Å². The lowest BCUT2D eigenvalue weighted by atomic mass is 9.84. The Morgan fingerprint density at radius 3 is 2.76 bits per heavy atom. The average molecular weight is 293 g/mol. The third-order valence-electron chi connectivity index (χ3n) is 3.32. The summed E-state index contributed by atoms with van der Waals surface area (Å²) in [4.78, 5) is 2.41. The smallest absolute Gasteiger partial charge is 0.0992 e.